The fraction of sp³-hybridized carbons (Fsp3) is 0.429. The van der Waals surface area contributed by atoms with E-state index in [9.17, 15) is 4.79 Å². The molecule has 20 heavy (non-hydrogen) atoms. The van der Waals surface area contributed by atoms with E-state index < -0.39 is 6.10 Å². The fourth-order valence-corrected chi connectivity index (χ4v) is 2.80. The number of benzene rings is 1. The minimum atomic E-state index is -0.502. The summed E-state index contributed by atoms with van der Waals surface area (Å²) < 4.78 is 0. The van der Waals surface area contributed by atoms with Gasteiger partial charge in [0.1, 0.15) is 0 Å². The van der Waals surface area contributed by atoms with Crippen LogP contribution < -0.4 is 0 Å². The van der Waals surface area contributed by atoms with E-state index in [0.717, 1.165) is 37.2 Å². The Morgan fingerprint density at radius 3 is 2.70 bits per heavy atom. The van der Waals surface area contributed by atoms with Crippen LogP contribution in [0.4, 0.5) is 0 Å². The van der Waals surface area contributed by atoms with E-state index in [-0.39, 0.29) is 5.91 Å². The lowest BCUT2D eigenvalue weighted by atomic mass is 10.0. The van der Waals surface area contributed by atoms with Crippen LogP contribution in [0.1, 0.15) is 24.8 Å². The molecule has 6 heteroatoms. The van der Waals surface area contributed by atoms with Crippen molar-refractivity contribution < 1.29 is 9.63 Å². The van der Waals surface area contributed by atoms with Gasteiger partial charge in [0.25, 0.3) is 5.91 Å². The maximum absolute atomic E-state index is 12.2. The molecular formula is C14H14Cl2N2O2. The van der Waals surface area contributed by atoms with Crippen molar-refractivity contribution in [3.05, 3.63) is 33.8 Å². The second kappa shape index (κ2) is 5.62. The molecule has 0 saturated carbocycles. The van der Waals surface area contributed by atoms with E-state index >= 15 is 0 Å². The van der Waals surface area contributed by atoms with Crippen molar-refractivity contribution in [2.24, 2.45) is 5.16 Å². The number of carbonyl (C=O) groups excluding carboxylic acids is 1. The quantitative estimate of drug-likeness (QED) is 0.842. The molecule has 1 amide bonds. The Morgan fingerprint density at radius 1 is 1.25 bits per heavy atom. The lowest BCUT2D eigenvalue weighted by Gasteiger charge is -2.18. The largest absolute Gasteiger partial charge is 0.382 e. The summed E-state index contributed by atoms with van der Waals surface area (Å²) in [5.41, 5.74) is 1.58. The molecule has 0 spiro atoms. The molecule has 0 unspecified atom stereocenters. The van der Waals surface area contributed by atoms with Crippen LogP contribution in [-0.4, -0.2) is 35.7 Å². The third-order valence-electron chi connectivity index (χ3n) is 3.61. The zero-order chi connectivity index (χ0) is 14.1. The number of likely N-dealkylation sites (tertiary alicyclic amines) is 1. The highest BCUT2D eigenvalue weighted by Gasteiger charge is 2.33. The van der Waals surface area contributed by atoms with E-state index in [1.54, 1.807) is 12.1 Å². The minimum absolute atomic E-state index is 0.0290. The van der Waals surface area contributed by atoms with Crippen LogP contribution in [0.5, 0.6) is 0 Å². The van der Waals surface area contributed by atoms with Crippen LogP contribution in [0.3, 0.4) is 0 Å². The summed E-state index contributed by atoms with van der Waals surface area (Å²) in [6, 6.07) is 5.30. The van der Waals surface area contributed by atoms with E-state index in [1.807, 2.05) is 11.0 Å². The van der Waals surface area contributed by atoms with Gasteiger partial charge in [-0.05, 0) is 25.0 Å². The summed E-state index contributed by atoms with van der Waals surface area (Å²) in [4.78, 5) is 19.4. The fourth-order valence-electron chi connectivity index (χ4n) is 2.50. The molecule has 3 rings (SSSR count). The van der Waals surface area contributed by atoms with Crippen molar-refractivity contribution in [2.45, 2.75) is 25.4 Å². The molecule has 2 heterocycles. The normalized spacial score (nSPS) is 21.8. The van der Waals surface area contributed by atoms with E-state index in [2.05, 4.69) is 5.16 Å². The number of hydrogen-bond acceptors (Lipinski definition) is 3. The Bertz CT molecular complexity index is 568. The van der Waals surface area contributed by atoms with Gasteiger partial charge < -0.3 is 9.74 Å². The smallest absolute Gasteiger partial charge is 0.266 e. The van der Waals surface area contributed by atoms with Gasteiger partial charge in [0.05, 0.1) is 15.8 Å². The number of hydrogen-bond donors (Lipinski definition) is 0. The van der Waals surface area contributed by atoms with Crippen LogP contribution in [0.15, 0.2) is 23.4 Å². The van der Waals surface area contributed by atoms with E-state index in [0.29, 0.717) is 16.5 Å². The summed E-state index contributed by atoms with van der Waals surface area (Å²) >= 11 is 11.9. The first-order valence-corrected chi connectivity index (χ1v) is 7.37. The van der Waals surface area contributed by atoms with Crippen LogP contribution in [0, 0.1) is 0 Å². The summed E-state index contributed by atoms with van der Waals surface area (Å²) in [6.07, 6.45) is 2.11. The maximum Gasteiger partial charge on any atom is 0.266 e. The molecule has 2 aliphatic heterocycles. The molecule has 2 aliphatic rings. The Morgan fingerprint density at radius 2 is 2.00 bits per heavy atom. The monoisotopic (exact) mass is 312 g/mol. The highest BCUT2D eigenvalue weighted by atomic mass is 35.5. The van der Waals surface area contributed by atoms with Gasteiger partial charge >= 0.3 is 0 Å². The van der Waals surface area contributed by atoms with Crippen LogP contribution in [0.2, 0.25) is 10.0 Å². The van der Waals surface area contributed by atoms with Crippen molar-refractivity contribution >= 4 is 34.8 Å². The predicted octanol–water partition coefficient (Wildman–Crippen LogP) is 3.11. The van der Waals surface area contributed by atoms with E-state index in [4.69, 9.17) is 28.0 Å². The van der Waals surface area contributed by atoms with Crippen molar-refractivity contribution in [3.63, 3.8) is 0 Å². The van der Waals surface area contributed by atoms with Gasteiger partial charge in [-0.15, -0.1) is 0 Å². The molecule has 1 aromatic rings. The van der Waals surface area contributed by atoms with E-state index in [1.165, 1.54) is 0 Å². The summed E-state index contributed by atoms with van der Waals surface area (Å²) in [6.45, 7) is 1.64. The van der Waals surface area contributed by atoms with Gasteiger partial charge in [0, 0.05) is 25.1 Å². The first-order valence-electron chi connectivity index (χ1n) is 6.62. The molecule has 0 aliphatic carbocycles. The summed E-state index contributed by atoms with van der Waals surface area (Å²) in [7, 11) is 0. The highest BCUT2D eigenvalue weighted by molar-refractivity contribution is 6.42. The molecule has 1 atom stereocenters. The van der Waals surface area contributed by atoms with Crippen molar-refractivity contribution in [1.82, 2.24) is 4.90 Å². The summed E-state index contributed by atoms with van der Waals surface area (Å²) in [5.74, 6) is 0.0290. The summed E-state index contributed by atoms with van der Waals surface area (Å²) in [5, 5.41) is 4.99. The molecule has 0 bridgehead atoms. The molecule has 106 valence electrons. The van der Waals surface area contributed by atoms with Crippen LogP contribution in [0.25, 0.3) is 0 Å². The zero-order valence-corrected chi connectivity index (χ0v) is 12.3. The van der Waals surface area contributed by atoms with Crippen LogP contribution >= 0.6 is 23.2 Å². The Labute approximate surface area is 127 Å². The standard InChI is InChI=1S/C14H14Cl2N2O2/c15-10-4-3-9(7-11(10)16)12-8-13(20-17-12)14(19)18-5-1-2-6-18/h3-4,7,13H,1-2,5-6,8H2/t13-/m0/s1. The van der Waals surface area contributed by atoms with Gasteiger partial charge in [-0.2, -0.15) is 0 Å². The molecule has 0 aromatic heterocycles. The maximum atomic E-state index is 12.2. The van der Waals surface area contributed by atoms with Crippen molar-refractivity contribution in [2.75, 3.05) is 13.1 Å². The molecule has 1 aromatic carbocycles. The van der Waals surface area contributed by atoms with Gasteiger partial charge in [-0.3, -0.25) is 4.79 Å². The second-order valence-electron chi connectivity index (χ2n) is 5.00. The highest BCUT2D eigenvalue weighted by Crippen LogP contribution is 2.26. The number of carbonyl (C=O) groups is 1. The molecular weight excluding hydrogens is 299 g/mol. The third kappa shape index (κ3) is 2.63. The minimum Gasteiger partial charge on any atom is -0.382 e. The average molecular weight is 313 g/mol. The van der Waals surface area contributed by atoms with Gasteiger partial charge in [-0.1, -0.05) is 34.4 Å². The Kier molecular flexibility index (Phi) is 3.85. The first-order chi connectivity index (χ1) is 9.65. The number of amides is 1. The molecule has 4 nitrogen and oxygen atoms in total. The molecule has 0 radical (unpaired) electrons. The number of halogens is 2. The van der Waals surface area contributed by atoms with Gasteiger partial charge in [-0.25, -0.2) is 0 Å². The first kappa shape index (κ1) is 13.7. The lowest BCUT2D eigenvalue weighted by molar-refractivity contribution is -0.140. The lowest BCUT2D eigenvalue weighted by Crippen LogP contribution is -2.37. The Balaban J connectivity index is 1.69. The average Bonchev–Trinajstić information content (AvgIpc) is 3.11. The van der Waals surface area contributed by atoms with Crippen molar-refractivity contribution in [1.29, 1.82) is 0 Å². The number of oxime groups is 1. The van der Waals surface area contributed by atoms with Crippen molar-refractivity contribution in [3.8, 4) is 0 Å². The number of rotatable bonds is 2. The third-order valence-corrected chi connectivity index (χ3v) is 4.35. The molecule has 1 saturated heterocycles. The molecule has 1 fully saturated rings. The molecule has 0 N–H and O–H groups in total. The van der Waals surface area contributed by atoms with Gasteiger partial charge in [0.15, 0.2) is 0 Å². The SMILES string of the molecule is O=C([C@@H]1CC(c2ccc(Cl)c(Cl)c2)=NO1)N1CCCC1. The second-order valence-corrected chi connectivity index (χ2v) is 5.81. The zero-order valence-electron chi connectivity index (χ0n) is 10.8. The van der Waals surface area contributed by atoms with Crippen LogP contribution in [-0.2, 0) is 9.63 Å². The Hall–Kier alpha value is -1.26. The van der Waals surface area contributed by atoms with Gasteiger partial charge in [0.2, 0.25) is 6.10 Å². The predicted molar refractivity (Wildman–Crippen MR) is 78.3 cm³/mol. The topological polar surface area (TPSA) is 41.9 Å². The number of nitrogens with zero attached hydrogens (tertiary/aromatic N) is 2.